The van der Waals surface area contributed by atoms with Crippen LogP contribution in [0.1, 0.15) is 25.3 Å². The van der Waals surface area contributed by atoms with Crippen LogP contribution >= 0.6 is 0 Å². The normalized spacial score (nSPS) is 21.1. The zero-order valence-corrected chi connectivity index (χ0v) is 11.5. The Morgan fingerprint density at radius 1 is 1.11 bits per heavy atom. The molecule has 0 radical (unpaired) electrons. The van der Waals surface area contributed by atoms with Crippen molar-refractivity contribution in [3.8, 4) is 0 Å². The SMILES string of the molecule is CCCC1=C[N+](C)(c2cccnc2)c2ccccc21. The van der Waals surface area contributed by atoms with Crippen molar-refractivity contribution in [1.29, 1.82) is 0 Å². The van der Waals surface area contributed by atoms with Crippen molar-refractivity contribution < 1.29 is 0 Å². The van der Waals surface area contributed by atoms with E-state index >= 15 is 0 Å². The predicted molar refractivity (Wildman–Crippen MR) is 80.9 cm³/mol. The lowest BCUT2D eigenvalue weighted by Gasteiger charge is -2.26. The van der Waals surface area contributed by atoms with E-state index in [1.165, 1.54) is 28.9 Å². The Morgan fingerprint density at radius 3 is 2.68 bits per heavy atom. The summed E-state index contributed by atoms with van der Waals surface area (Å²) in [5, 5.41) is 0. The first-order chi connectivity index (χ1) is 9.25. The zero-order valence-electron chi connectivity index (χ0n) is 11.5. The third-order valence-electron chi connectivity index (χ3n) is 3.87. The first-order valence-corrected chi connectivity index (χ1v) is 6.84. The molecule has 2 aromatic rings. The smallest absolute Gasteiger partial charge is 0.160 e. The first kappa shape index (κ1) is 12.1. The molecule has 0 N–H and O–H groups in total. The van der Waals surface area contributed by atoms with Gasteiger partial charge in [-0.05, 0) is 18.6 Å². The van der Waals surface area contributed by atoms with Crippen LogP contribution in [-0.4, -0.2) is 12.0 Å². The minimum absolute atomic E-state index is 0.722. The minimum atomic E-state index is 0.722. The summed E-state index contributed by atoms with van der Waals surface area (Å²) in [5.41, 5.74) is 5.39. The standard InChI is InChI=1S/C17H19N2/c1-3-7-14-13-19(2,15-8-6-11-18-12-15)17-10-5-4-9-16(14)17/h4-6,8-13H,3,7H2,1-2H3/q+1. The van der Waals surface area contributed by atoms with Crippen LogP contribution in [0.4, 0.5) is 11.4 Å². The van der Waals surface area contributed by atoms with E-state index in [0.717, 1.165) is 10.9 Å². The third-order valence-corrected chi connectivity index (χ3v) is 3.87. The highest BCUT2D eigenvalue weighted by Gasteiger charge is 2.36. The number of benzene rings is 1. The monoisotopic (exact) mass is 251 g/mol. The second-order valence-corrected chi connectivity index (χ2v) is 5.21. The summed E-state index contributed by atoms with van der Waals surface area (Å²) in [6, 6.07) is 12.9. The van der Waals surface area contributed by atoms with Crippen molar-refractivity contribution >= 4 is 16.9 Å². The van der Waals surface area contributed by atoms with Gasteiger partial charge in [-0.15, -0.1) is 0 Å². The molecule has 19 heavy (non-hydrogen) atoms. The number of nitrogens with zero attached hydrogens (tertiary/aromatic N) is 2. The molecule has 0 saturated carbocycles. The second kappa shape index (κ2) is 4.63. The van der Waals surface area contributed by atoms with Crippen molar-refractivity contribution in [1.82, 2.24) is 9.47 Å². The van der Waals surface area contributed by atoms with Gasteiger partial charge >= 0.3 is 0 Å². The van der Waals surface area contributed by atoms with Gasteiger partial charge in [0.15, 0.2) is 5.69 Å². The molecule has 0 bridgehead atoms. The Kier molecular flexibility index (Phi) is 2.96. The van der Waals surface area contributed by atoms with E-state index < -0.39 is 0 Å². The first-order valence-electron chi connectivity index (χ1n) is 6.84. The molecule has 1 atom stereocenters. The molecule has 2 nitrogen and oxygen atoms in total. The van der Waals surface area contributed by atoms with Gasteiger partial charge in [0.05, 0.1) is 13.2 Å². The van der Waals surface area contributed by atoms with E-state index in [1.807, 2.05) is 18.5 Å². The Morgan fingerprint density at radius 2 is 1.95 bits per heavy atom. The molecular weight excluding hydrogens is 232 g/mol. The Labute approximate surface area is 114 Å². The van der Waals surface area contributed by atoms with Gasteiger partial charge < -0.3 is 0 Å². The van der Waals surface area contributed by atoms with Crippen molar-refractivity contribution in [3.63, 3.8) is 0 Å². The Bertz CT molecular complexity index is 616. The lowest BCUT2D eigenvalue weighted by atomic mass is 10.0. The van der Waals surface area contributed by atoms with Gasteiger partial charge in [0.1, 0.15) is 11.9 Å². The summed E-state index contributed by atoms with van der Waals surface area (Å²) in [7, 11) is 2.23. The van der Waals surface area contributed by atoms with Gasteiger partial charge in [-0.25, -0.2) is 4.48 Å². The Hall–Kier alpha value is -1.93. The van der Waals surface area contributed by atoms with Crippen molar-refractivity contribution in [2.75, 3.05) is 7.05 Å². The average molecular weight is 251 g/mol. The number of allylic oxidation sites excluding steroid dienone is 1. The number of hydrogen-bond acceptors (Lipinski definition) is 1. The van der Waals surface area contributed by atoms with Crippen LogP contribution in [0.25, 0.3) is 5.57 Å². The molecule has 0 amide bonds. The van der Waals surface area contributed by atoms with E-state index in [-0.39, 0.29) is 0 Å². The van der Waals surface area contributed by atoms with Gasteiger partial charge in [-0.3, -0.25) is 4.98 Å². The van der Waals surface area contributed by atoms with Gasteiger partial charge in [-0.2, -0.15) is 0 Å². The molecule has 0 fully saturated rings. The molecule has 1 aliphatic heterocycles. The fraction of sp³-hybridized carbons (Fsp3) is 0.235. The largest absolute Gasteiger partial charge is 0.258 e. The van der Waals surface area contributed by atoms with E-state index in [4.69, 9.17) is 0 Å². The topological polar surface area (TPSA) is 12.9 Å². The van der Waals surface area contributed by atoms with Gasteiger partial charge in [0, 0.05) is 29.5 Å². The van der Waals surface area contributed by atoms with E-state index in [9.17, 15) is 0 Å². The number of hydrogen-bond donors (Lipinski definition) is 0. The van der Waals surface area contributed by atoms with Gasteiger partial charge in [0.25, 0.3) is 0 Å². The molecule has 0 aliphatic carbocycles. The zero-order chi connectivity index (χ0) is 13.3. The third kappa shape index (κ3) is 1.89. The van der Waals surface area contributed by atoms with E-state index in [1.54, 1.807) is 0 Å². The number of aromatic nitrogens is 1. The Balaban J connectivity index is 2.17. The summed E-state index contributed by atoms with van der Waals surface area (Å²) in [4.78, 5) is 4.27. The minimum Gasteiger partial charge on any atom is -0.258 e. The number of pyridine rings is 1. The molecule has 96 valence electrons. The molecule has 2 heteroatoms. The van der Waals surface area contributed by atoms with Crippen molar-refractivity contribution in [2.24, 2.45) is 0 Å². The molecule has 0 spiro atoms. The fourth-order valence-corrected chi connectivity index (χ4v) is 2.91. The maximum Gasteiger partial charge on any atom is 0.160 e. The maximum atomic E-state index is 4.27. The molecule has 1 aromatic heterocycles. The summed E-state index contributed by atoms with van der Waals surface area (Å²) in [6.45, 7) is 2.23. The summed E-state index contributed by atoms with van der Waals surface area (Å²) in [6.07, 6.45) is 8.46. The molecule has 2 heterocycles. The van der Waals surface area contributed by atoms with Crippen molar-refractivity contribution in [3.05, 3.63) is 60.6 Å². The average Bonchev–Trinajstić information content (AvgIpc) is 2.75. The number of rotatable bonds is 3. The highest BCUT2D eigenvalue weighted by atomic mass is 15.3. The van der Waals surface area contributed by atoms with Crippen LogP contribution in [0, 0.1) is 0 Å². The molecule has 1 aromatic carbocycles. The fourth-order valence-electron chi connectivity index (χ4n) is 2.91. The van der Waals surface area contributed by atoms with Gasteiger partial charge in [-0.1, -0.05) is 25.5 Å². The van der Waals surface area contributed by atoms with E-state index in [2.05, 4.69) is 55.5 Å². The molecule has 1 unspecified atom stereocenters. The van der Waals surface area contributed by atoms with Crippen molar-refractivity contribution in [2.45, 2.75) is 19.8 Å². The van der Waals surface area contributed by atoms with Crippen LogP contribution in [0.5, 0.6) is 0 Å². The van der Waals surface area contributed by atoms with Crippen LogP contribution in [0.3, 0.4) is 0 Å². The number of quaternary nitrogens is 1. The van der Waals surface area contributed by atoms with Crippen LogP contribution in [0.2, 0.25) is 0 Å². The summed E-state index contributed by atoms with van der Waals surface area (Å²) >= 11 is 0. The highest BCUT2D eigenvalue weighted by molar-refractivity contribution is 5.85. The molecule has 0 saturated heterocycles. The predicted octanol–water partition coefficient (Wildman–Crippen LogP) is 4.51. The molecular formula is C17H19N2+. The lowest BCUT2D eigenvalue weighted by Crippen LogP contribution is -2.31. The summed E-state index contributed by atoms with van der Waals surface area (Å²) < 4.78 is 0.722. The summed E-state index contributed by atoms with van der Waals surface area (Å²) in [5.74, 6) is 0. The lowest BCUT2D eigenvalue weighted by molar-refractivity contribution is 0.620. The number of para-hydroxylation sites is 1. The quantitative estimate of drug-likeness (QED) is 0.732. The van der Waals surface area contributed by atoms with Crippen LogP contribution in [-0.2, 0) is 0 Å². The van der Waals surface area contributed by atoms with E-state index in [0.29, 0.717) is 0 Å². The van der Waals surface area contributed by atoms with Gasteiger partial charge in [0.2, 0.25) is 0 Å². The van der Waals surface area contributed by atoms with Crippen LogP contribution in [0.15, 0.2) is 55.0 Å². The van der Waals surface area contributed by atoms with Crippen LogP contribution < -0.4 is 4.48 Å². The molecule has 3 rings (SSSR count). The second-order valence-electron chi connectivity index (χ2n) is 5.21. The molecule has 1 aliphatic rings. The maximum absolute atomic E-state index is 4.27. The highest BCUT2D eigenvalue weighted by Crippen LogP contribution is 2.45. The number of fused-ring (bicyclic) bond motifs is 1.